The van der Waals surface area contributed by atoms with Gasteiger partial charge in [0.15, 0.2) is 5.13 Å². The highest BCUT2D eigenvalue weighted by atomic mass is 32.1. The third-order valence-corrected chi connectivity index (χ3v) is 4.34. The first-order chi connectivity index (χ1) is 11.6. The number of aromatic nitrogens is 1. The summed E-state index contributed by atoms with van der Waals surface area (Å²) in [4.78, 5) is 28.7. The molecule has 1 N–H and O–H groups in total. The van der Waals surface area contributed by atoms with Gasteiger partial charge in [0, 0.05) is 0 Å². The molecule has 0 saturated heterocycles. The molecule has 1 amide bonds. The number of benzene rings is 2. The minimum Gasteiger partial charge on any atom is -0.494 e. The van der Waals surface area contributed by atoms with Gasteiger partial charge in [-0.15, -0.1) is 0 Å². The highest BCUT2D eigenvalue weighted by Crippen LogP contribution is 2.32. The van der Waals surface area contributed by atoms with Crippen LogP contribution >= 0.6 is 11.3 Å². The molecule has 0 bridgehead atoms. The van der Waals surface area contributed by atoms with E-state index in [4.69, 9.17) is 9.47 Å². The van der Waals surface area contributed by atoms with Crippen LogP contribution in [0.2, 0.25) is 0 Å². The maximum Gasteiger partial charge on any atom is 0.338 e. The highest BCUT2D eigenvalue weighted by molar-refractivity contribution is 7.22. The van der Waals surface area contributed by atoms with Gasteiger partial charge in [-0.1, -0.05) is 29.5 Å². The van der Waals surface area contributed by atoms with Crippen molar-refractivity contribution in [3.63, 3.8) is 0 Å². The van der Waals surface area contributed by atoms with Gasteiger partial charge < -0.3 is 9.47 Å². The van der Waals surface area contributed by atoms with Crippen molar-refractivity contribution in [2.45, 2.75) is 0 Å². The summed E-state index contributed by atoms with van der Waals surface area (Å²) in [5.41, 5.74) is 1.12. The summed E-state index contributed by atoms with van der Waals surface area (Å²) < 4.78 is 10.9. The number of carbonyl (C=O) groups is 2. The fraction of sp³-hybridized carbons (Fsp3) is 0.118. The lowest BCUT2D eigenvalue weighted by Crippen LogP contribution is -2.16. The Morgan fingerprint density at radius 1 is 1.04 bits per heavy atom. The minimum absolute atomic E-state index is 0.205. The number of esters is 1. The van der Waals surface area contributed by atoms with Crippen LogP contribution in [0.3, 0.4) is 0 Å². The number of rotatable bonds is 4. The van der Waals surface area contributed by atoms with Gasteiger partial charge >= 0.3 is 5.97 Å². The number of thiazole rings is 1. The van der Waals surface area contributed by atoms with E-state index in [1.807, 2.05) is 12.1 Å². The molecule has 3 aromatic rings. The number of carbonyl (C=O) groups excluding carboxylic acids is 2. The van der Waals surface area contributed by atoms with E-state index in [9.17, 15) is 9.59 Å². The number of hydrogen-bond acceptors (Lipinski definition) is 6. The van der Waals surface area contributed by atoms with Gasteiger partial charge in [-0.3, -0.25) is 10.1 Å². The van der Waals surface area contributed by atoms with Crippen molar-refractivity contribution in [1.29, 1.82) is 0 Å². The number of hydrogen-bond donors (Lipinski definition) is 1. The van der Waals surface area contributed by atoms with E-state index in [0.29, 0.717) is 16.4 Å². The maximum atomic E-state index is 12.5. The lowest BCUT2D eigenvalue weighted by molar-refractivity contribution is 0.0597. The van der Waals surface area contributed by atoms with Crippen LogP contribution in [0.25, 0.3) is 10.2 Å². The lowest BCUT2D eigenvalue weighted by atomic mass is 10.1. The second kappa shape index (κ2) is 6.67. The third kappa shape index (κ3) is 2.93. The second-order valence-corrected chi connectivity index (χ2v) is 5.85. The molecule has 0 aliphatic heterocycles. The third-order valence-electron chi connectivity index (χ3n) is 3.40. The van der Waals surface area contributed by atoms with Gasteiger partial charge in [0.1, 0.15) is 11.3 Å². The number of anilines is 1. The number of ether oxygens (including phenoxy) is 2. The van der Waals surface area contributed by atoms with Crippen LogP contribution in [-0.2, 0) is 4.74 Å². The first-order valence-electron chi connectivity index (χ1n) is 7.06. The highest BCUT2D eigenvalue weighted by Gasteiger charge is 2.18. The Balaban J connectivity index is 1.92. The van der Waals surface area contributed by atoms with Crippen molar-refractivity contribution in [2.24, 2.45) is 0 Å². The predicted molar refractivity (Wildman–Crippen MR) is 91.9 cm³/mol. The monoisotopic (exact) mass is 342 g/mol. The summed E-state index contributed by atoms with van der Waals surface area (Å²) in [5, 5.41) is 3.15. The minimum atomic E-state index is -0.563. The van der Waals surface area contributed by atoms with Crippen LogP contribution in [0.1, 0.15) is 20.7 Å². The fourth-order valence-electron chi connectivity index (χ4n) is 2.27. The maximum absolute atomic E-state index is 12.5. The molecule has 1 heterocycles. The van der Waals surface area contributed by atoms with Crippen molar-refractivity contribution < 1.29 is 19.1 Å². The topological polar surface area (TPSA) is 77.5 Å². The zero-order chi connectivity index (χ0) is 17.1. The molecular weight excluding hydrogens is 328 g/mol. The summed E-state index contributed by atoms with van der Waals surface area (Å²) in [7, 11) is 2.84. The Morgan fingerprint density at radius 3 is 2.50 bits per heavy atom. The number of nitrogens with one attached hydrogen (secondary N) is 1. The van der Waals surface area contributed by atoms with E-state index in [1.165, 1.54) is 18.4 Å². The summed E-state index contributed by atoms with van der Waals surface area (Å²) >= 11 is 1.33. The molecule has 122 valence electrons. The standard InChI is InChI=1S/C17H14N2O4S/c1-22-12-8-5-9-13-14(12)18-17(24-13)19-15(20)10-6-3-4-7-11(10)16(21)23-2/h3-9H,1-2H3,(H,18,19,20). The largest absolute Gasteiger partial charge is 0.494 e. The van der Waals surface area contributed by atoms with Crippen molar-refractivity contribution >= 4 is 38.6 Å². The molecule has 0 saturated carbocycles. The average Bonchev–Trinajstić information content (AvgIpc) is 3.03. The quantitative estimate of drug-likeness (QED) is 0.736. The van der Waals surface area contributed by atoms with E-state index in [1.54, 1.807) is 37.4 Å². The molecule has 0 atom stereocenters. The molecule has 6 nitrogen and oxygen atoms in total. The number of para-hydroxylation sites is 1. The Hall–Kier alpha value is -2.93. The molecule has 0 unspecified atom stereocenters. The summed E-state index contributed by atoms with van der Waals surface area (Å²) in [6, 6.07) is 12.0. The normalized spacial score (nSPS) is 10.4. The molecule has 0 aliphatic rings. The Morgan fingerprint density at radius 2 is 1.79 bits per heavy atom. The lowest BCUT2D eigenvalue weighted by Gasteiger charge is -2.06. The van der Waals surface area contributed by atoms with Crippen molar-refractivity contribution in [2.75, 3.05) is 19.5 Å². The van der Waals surface area contributed by atoms with E-state index >= 15 is 0 Å². The van der Waals surface area contributed by atoms with Crippen LogP contribution in [0.15, 0.2) is 42.5 Å². The summed E-state index contributed by atoms with van der Waals surface area (Å²) in [6.45, 7) is 0. The fourth-order valence-corrected chi connectivity index (χ4v) is 3.15. The number of amides is 1. The molecule has 3 rings (SSSR count). The van der Waals surface area contributed by atoms with E-state index < -0.39 is 11.9 Å². The number of methoxy groups -OCH3 is 2. The smallest absolute Gasteiger partial charge is 0.338 e. The summed E-state index contributed by atoms with van der Waals surface area (Å²) in [6.07, 6.45) is 0. The molecule has 0 aliphatic carbocycles. The molecule has 0 spiro atoms. The van der Waals surface area contributed by atoms with Gasteiger partial charge in [0.2, 0.25) is 0 Å². The van der Waals surface area contributed by atoms with Gasteiger partial charge in [-0.05, 0) is 24.3 Å². The first-order valence-corrected chi connectivity index (χ1v) is 7.88. The van der Waals surface area contributed by atoms with Crippen molar-refractivity contribution in [1.82, 2.24) is 4.98 Å². The van der Waals surface area contributed by atoms with Crippen LogP contribution in [-0.4, -0.2) is 31.1 Å². The van der Waals surface area contributed by atoms with E-state index in [0.717, 1.165) is 4.70 Å². The Labute approximate surface area is 142 Å². The van der Waals surface area contributed by atoms with E-state index in [-0.39, 0.29) is 11.1 Å². The predicted octanol–water partition coefficient (Wildman–Crippen LogP) is 3.34. The molecule has 24 heavy (non-hydrogen) atoms. The average molecular weight is 342 g/mol. The van der Waals surface area contributed by atoms with Crippen LogP contribution in [0.4, 0.5) is 5.13 Å². The van der Waals surface area contributed by atoms with Gasteiger partial charge in [-0.2, -0.15) is 0 Å². The van der Waals surface area contributed by atoms with E-state index in [2.05, 4.69) is 10.3 Å². The Kier molecular flexibility index (Phi) is 4.43. The van der Waals surface area contributed by atoms with Crippen LogP contribution in [0.5, 0.6) is 5.75 Å². The Bertz CT molecular complexity index is 920. The number of fused-ring (bicyclic) bond motifs is 1. The van der Waals surface area contributed by atoms with Crippen molar-refractivity contribution in [3.05, 3.63) is 53.6 Å². The van der Waals surface area contributed by atoms with Gasteiger partial charge in [-0.25, -0.2) is 9.78 Å². The van der Waals surface area contributed by atoms with Crippen LogP contribution in [0, 0.1) is 0 Å². The molecule has 7 heteroatoms. The second-order valence-electron chi connectivity index (χ2n) is 4.82. The molecule has 0 fully saturated rings. The molecular formula is C17H14N2O4S. The zero-order valence-electron chi connectivity index (χ0n) is 13.0. The first kappa shape index (κ1) is 15.9. The van der Waals surface area contributed by atoms with Gasteiger partial charge in [0.05, 0.1) is 30.0 Å². The van der Waals surface area contributed by atoms with Crippen LogP contribution < -0.4 is 10.1 Å². The SMILES string of the molecule is COC(=O)c1ccccc1C(=O)Nc1nc2c(OC)cccc2s1. The summed E-state index contributed by atoms with van der Waals surface area (Å²) in [5.74, 6) is -0.347. The van der Waals surface area contributed by atoms with Gasteiger partial charge in [0.25, 0.3) is 5.91 Å². The molecule has 2 aromatic carbocycles. The molecule has 1 aromatic heterocycles. The zero-order valence-corrected chi connectivity index (χ0v) is 13.8. The van der Waals surface area contributed by atoms with Crippen molar-refractivity contribution in [3.8, 4) is 5.75 Å². The molecule has 0 radical (unpaired) electrons. The number of nitrogens with zero attached hydrogens (tertiary/aromatic N) is 1.